The van der Waals surface area contributed by atoms with Crippen molar-refractivity contribution in [3.8, 4) is 0 Å². The predicted molar refractivity (Wildman–Crippen MR) is 75.4 cm³/mol. The average molecular weight is 260 g/mol. The average Bonchev–Trinajstić information content (AvgIpc) is 3.17. The maximum Gasteiger partial charge on any atom is 0.262 e. The summed E-state index contributed by atoms with van der Waals surface area (Å²) in [6.45, 7) is 0.732. The number of aromatic amines is 1. The number of rotatable bonds is 4. The predicted octanol–water partition coefficient (Wildman–Crippen LogP) is 3.25. The summed E-state index contributed by atoms with van der Waals surface area (Å²) >= 11 is 5.27. The van der Waals surface area contributed by atoms with Crippen molar-refractivity contribution in [2.75, 3.05) is 0 Å². The van der Waals surface area contributed by atoms with Gasteiger partial charge >= 0.3 is 0 Å². The van der Waals surface area contributed by atoms with Crippen molar-refractivity contribution in [1.29, 1.82) is 0 Å². The summed E-state index contributed by atoms with van der Waals surface area (Å²) < 4.78 is 2.23. The maximum atomic E-state index is 12.3. The van der Waals surface area contributed by atoms with E-state index in [2.05, 4.69) is 4.98 Å². The van der Waals surface area contributed by atoms with Gasteiger partial charge in [0.25, 0.3) is 5.56 Å². The second-order valence-corrected chi connectivity index (χ2v) is 5.40. The summed E-state index contributed by atoms with van der Waals surface area (Å²) in [4.78, 5) is 15.4. The van der Waals surface area contributed by atoms with Crippen LogP contribution in [0.4, 0.5) is 0 Å². The van der Waals surface area contributed by atoms with Gasteiger partial charge in [-0.3, -0.25) is 9.36 Å². The van der Waals surface area contributed by atoms with E-state index in [0.717, 1.165) is 29.8 Å². The van der Waals surface area contributed by atoms with Crippen molar-refractivity contribution in [3.63, 3.8) is 0 Å². The number of fused-ring (bicyclic) bond motifs is 1. The Morgan fingerprint density at radius 2 is 2.11 bits per heavy atom. The van der Waals surface area contributed by atoms with Crippen molar-refractivity contribution in [3.05, 3.63) is 39.4 Å². The molecule has 1 fully saturated rings. The van der Waals surface area contributed by atoms with Crippen molar-refractivity contribution in [2.45, 2.75) is 32.2 Å². The minimum absolute atomic E-state index is 0.0325. The highest BCUT2D eigenvalue weighted by Gasteiger charge is 2.20. The molecule has 0 aliphatic heterocycles. The summed E-state index contributed by atoms with van der Waals surface area (Å²) in [5, 5.41) is 0.720. The molecule has 1 aromatic heterocycles. The first kappa shape index (κ1) is 11.7. The lowest BCUT2D eigenvalue weighted by atomic mass is 10.2. The van der Waals surface area contributed by atoms with Gasteiger partial charge in [0.2, 0.25) is 0 Å². The highest BCUT2D eigenvalue weighted by molar-refractivity contribution is 7.71. The molecule has 1 heterocycles. The lowest BCUT2D eigenvalue weighted by molar-refractivity contribution is 0.557. The van der Waals surface area contributed by atoms with Crippen LogP contribution in [-0.4, -0.2) is 9.55 Å². The van der Waals surface area contributed by atoms with Crippen LogP contribution in [0, 0.1) is 10.7 Å². The van der Waals surface area contributed by atoms with E-state index in [1.165, 1.54) is 19.3 Å². The lowest BCUT2D eigenvalue weighted by Gasteiger charge is -2.07. The van der Waals surface area contributed by atoms with Crippen LogP contribution in [0.2, 0.25) is 0 Å². The summed E-state index contributed by atoms with van der Waals surface area (Å²) in [7, 11) is 0. The van der Waals surface area contributed by atoms with Crippen LogP contribution in [0.15, 0.2) is 29.1 Å². The fourth-order valence-electron chi connectivity index (χ4n) is 2.35. The van der Waals surface area contributed by atoms with Gasteiger partial charge in [-0.05, 0) is 43.1 Å². The van der Waals surface area contributed by atoms with E-state index in [4.69, 9.17) is 12.2 Å². The fourth-order valence-corrected chi connectivity index (χ4v) is 2.63. The zero-order chi connectivity index (χ0) is 12.5. The zero-order valence-electron chi connectivity index (χ0n) is 10.2. The molecule has 3 nitrogen and oxygen atoms in total. The summed E-state index contributed by atoms with van der Waals surface area (Å²) in [6.07, 6.45) is 4.98. The minimum Gasteiger partial charge on any atom is -0.332 e. The molecule has 0 amide bonds. The molecule has 4 heteroatoms. The molecule has 3 rings (SSSR count). The van der Waals surface area contributed by atoms with Crippen LogP contribution in [0.3, 0.4) is 0 Å². The topological polar surface area (TPSA) is 37.8 Å². The number of nitrogens with one attached hydrogen (secondary N) is 1. The quantitative estimate of drug-likeness (QED) is 0.857. The summed E-state index contributed by atoms with van der Waals surface area (Å²) in [5.41, 5.74) is 0.857. The molecule has 1 aromatic carbocycles. The molecular formula is C14H16N2OS. The lowest BCUT2D eigenvalue weighted by Crippen LogP contribution is -2.22. The van der Waals surface area contributed by atoms with Crippen molar-refractivity contribution >= 4 is 23.1 Å². The molecule has 0 bridgehead atoms. The Balaban J connectivity index is 1.94. The second kappa shape index (κ2) is 4.69. The Kier molecular flexibility index (Phi) is 3.04. The van der Waals surface area contributed by atoms with Crippen molar-refractivity contribution < 1.29 is 0 Å². The third-order valence-electron chi connectivity index (χ3n) is 3.58. The first-order chi connectivity index (χ1) is 8.75. The molecule has 1 aliphatic carbocycles. The van der Waals surface area contributed by atoms with Gasteiger partial charge < -0.3 is 4.98 Å². The monoisotopic (exact) mass is 260 g/mol. The first-order valence-corrected chi connectivity index (χ1v) is 6.88. The van der Waals surface area contributed by atoms with E-state index in [1.807, 2.05) is 24.3 Å². The van der Waals surface area contributed by atoms with E-state index in [0.29, 0.717) is 4.77 Å². The van der Waals surface area contributed by atoms with Crippen LogP contribution in [-0.2, 0) is 6.54 Å². The van der Waals surface area contributed by atoms with Crippen molar-refractivity contribution in [1.82, 2.24) is 9.55 Å². The van der Waals surface area contributed by atoms with Gasteiger partial charge in [0.15, 0.2) is 4.77 Å². The van der Waals surface area contributed by atoms with Gasteiger partial charge in [0, 0.05) is 6.54 Å². The van der Waals surface area contributed by atoms with Gasteiger partial charge in [0.1, 0.15) is 0 Å². The highest BCUT2D eigenvalue weighted by Crippen LogP contribution is 2.33. The molecule has 0 unspecified atom stereocenters. The van der Waals surface area contributed by atoms with Crippen LogP contribution in [0.1, 0.15) is 25.7 Å². The molecule has 1 saturated carbocycles. The number of nitrogens with zero attached hydrogens (tertiary/aromatic N) is 1. The second-order valence-electron chi connectivity index (χ2n) is 5.02. The number of aromatic nitrogens is 2. The summed E-state index contributed by atoms with van der Waals surface area (Å²) in [5.74, 6) is 0.902. The standard InChI is InChI=1S/C14H16N2OS/c17-13-11-5-1-2-6-12(11)15-14(18)16(13)9-3-4-10-7-8-10/h1-2,5-6,10H,3-4,7-9H2,(H,15,18). The highest BCUT2D eigenvalue weighted by atomic mass is 32.1. The van der Waals surface area contributed by atoms with Gasteiger partial charge in [-0.1, -0.05) is 25.0 Å². The van der Waals surface area contributed by atoms with E-state index < -0.39 is 0 Å². The van der Waals surface area contributed by atoms with Gasteiger partial charge in [-0.15, -0.1) is 0 Å². The first-order valence-electron chi connectivity index (χ1n) is 6.47. The third kappa shape index (κ3) is 2.25. The van der Waals surface area contributed by atoms with Gasteiger partial charge in [-0.25, -0.2) is 0 Å². The number of para-hydroxylation sites is 1. The van der Waals surface area contributed by atoms with Crippen LogP contribution in [0.5, 0.6) is 0 Å². The molecule has 2 aromatic rings. The van der Waals surface area contributed by atoms with Crippen LogP contribution >= 0.6 is 12.2 Å². The molecule has 0 saturated heterocycles. The normalized spacial score (nSPS) is 15.1. The molecular weight excluding hydrogens is 244 g/mol. The molecule has 1 aliphatic rings. The maximum absolute atomic E-state index is 12.3. The number of hydrogen-bond donors (Lipinski definition) is 1. The number of benzene rings is 1. The zero-order valence-corrected chi connectivity index (χ0v) is 11.0. The molecule has 0 spiro atoms. The Morgan fingerprint density at radius 1 is 1.33 bits per heavy atom. The Bertz CT molecular complexity index is 682. The van der Waals surface area contributed by atoms with E-state index >= 15 is 0 Å². The third-order valence-corrected chi connectivity index (χ3v) is 3.90. The smallest absolute Gasteiger partial charge is 0.262 e. The number of H-pyrrole nitrogens is 1. The van der Waals surface area contributed by atoms with Crippen LogP contribution < -0.4 is 5.56 Å². The fraction of sp³-hybridized carbons (Fsp3) is 0.429. The molecule has 0 atom stereocenters. The Morgan fingerprint density at radius 3 is 2.89 bits per heavy atom. The summed E-state index contributed by atoms with van der Waals surface area (Å²) in [6, 6.07) is 7.53. The van der Waals surface area contributed by atoms with Crippen molar-refractivity contribution in [2.24, 2.45) is 5.92 Å². The molecule has 18 heavy (non-hydrogen) atoms. The van der Waals surface area contributed by atoms with E-state index in [-0.39, 0.29) is 5.56 Å². The Hall–Kier alpha value is -1.42. The number of hydrogen-bond acceptors (Lipinski definition) is 2. The molecule has 94 valence electrons. The molecule has 0 radical (unpaired) electrons. The SMILES string of the molecule is O=c1c2ccccc2[nH]c(=S)n1CCCC1CC1. The van der Waals surface area contributed by atoms with E-state index in [1.54, 1.807) is 4.57 Å². The largest absolute Gasteiger partial charge is 0.332 e. The minimum atomic E-state index is 0.0325. The van der Waals surface area contributed by atoms with Gasteiger partial charge in [0.05, 0.1) is 10.9 Å². The van der Waals surface area contributed by atoms with Gasteiger partial charge in [-0.2, -0.15) is 0 Å². The van der Waals surface area contributed by atoms with E-state index in [9.17, 15) is 4.79 Å². The molecule has 1 N–H and O–H groups in total. The Labute approximate surface area is 110 Å². The van der Waals surface area contributed by atoms with Crippen LogP contribution in [0.25, 0.3) is 10.9 Å².